The van der Waals surface area contributed by atoms with Gasteiger partial charge in [0.05, 0.1) is 29.6 Å². The Balaban J connectivity index is 2.08. The molecule has 2 rings (SSSR count). The van der Waals surface area contributed by atoms with Crippen molar-refractivity contribution in [2.75, 3.05) is 32.9 Å². The van der Waals surface area contributed by atoms with Crippen LogP contribution in [0.15, 0.2) is 15.9 Å². The molecule has 84 valence electrons. The smallest absolute Gasteiger partial charge is 0.0702 e. The van der Waals surface area contributed by atoms with Crippen molar-refractivity contribution >= 4 is 27.3 Å². The van der Waals surface area contributed by atoms with Crippen LogP contribution in [0.25, 0.3) is 0 Å². The second-order valence-electron chi connectivity index (χ2n) is 3.49. The molecule has 3 nitrogen and oxygen atoms in total. The lowest BCUT2D eigenvalue weighted by Crippen LogP contribution is -2.40. The lowest BCUT2D eigenvalue weighted by atomic mass is 10.2. The predicted octanol–water partition coefficient (Wildman–Crippen LogP) is 1.88. The van der Waals surface area contributed by atoms with Gasteiger partial charge >= 0.3 is 0 Å². The molecule has 1 saturated heterocycles. The molecule has 0 bridgehead atoms. The van der Waals surface area contributed by atoms with Gasteiger partial charge in [-0.2, -0.15) is 0 Å². The van der Waals surface area contributed by atoms with Crippen molar-refractivity contribution in [1.29, 1.82) is 0 Å². The molecule has 2 heterocycles. The molecule has 1 aromatic heterocycles. The maximum absolute atomic E-state index is 9.45. The Labute approximate surface area is 102 Å². The molecule has 1 N–H and O–H groups in total. The third-order valence-corrected chi connectivity index (χ3v) is 4.31. The van der Waals surface area contributed by atoms with E-state index in [9.17, 15) is 5.11 Å². The van der Waals surface area contributed by atoms with E-state index in [1.165, 1.54) is 4.88 Å². The van der Waals surface area contributed by atoms with Gasteiger partial charge in [-0.3, -0.25) is 4.90 Å². The molecular formula is C10H14BrNO2S. The molecule has 0 amide bonds. The summed E-state index contributed by atoms with van der Waals surface area (Å²) in [6.45, 7) is 3.51. The molecule has 1 aliphatic rings. The number of hydrogen-bond donors (Lipinski definition) is 1. The quantitative estimate of drug-likeness (QED) is 0.923. The number of aliphatic hydroxyl groups excluding tert-OH is 1. The van der Waals surface area contributed by atoms with E-state index < -0.39 is 0 Å². The number of aliphatic hydroxyl groups is 1. The minimum absolute atomic E-state index is 0.130. The molecule has 1 atom stereocenters. The standard InChI is InChI=1S/C10H14BrNO2S/c11-10-2-1-9(15-10)8(7-13)12-3-5-14-6-4-12/h1-2,8,13H,3-7H2. The van der Waals surface area contributed by atoms with E-state index in [4.69, 9.17) is 4.74 Å². The average Bonchev–Trinajstić information content (AvgIpc) is 2.68. The van der Waals surface area contributed by atoms with Crippen molar-refractivity contribution in [3.8, 4) is 0 Å². The number of rotatable bonds is 3. The lowest BCUT2D eigenvalue weighted by Gasteiger charge is -2.32. The zero-order valence-electron chi connectivity index (χ0n) is 8.36. The molecule has 1 fully saturated rings. The van der Waals surface area contributed by atoms with Crippen LogP contribution in [-0.4, -0.2) is 42.9 Å². The highest BCUT2D eigenvalue weighted by atomic mass is 79.9. The van der Waals surface area contributed by atoms with E-state index in [2.05, 4.69) is 26.9 Å². The second kappa shape index (κ2) is 5.41. The number of hydrogen-bond acceptors (Lipinski definition) is 4. The van der Waals surface area contributed by atoms with E-state index in [0.717, 1.165) is 30.1 Å². The monoisotopic (exact) mass is 291 g/mol. The Bertz CT molecular complexity index is 312. The summed E-state index contributed by atoms with van der Waals surface area (Å²) >= 11 is 5.14. The van der Waals surface area contributed by atoms with Crippen LogP contribution in [0.2, 0.25) is 0 Å². The van der Waals surface area contributed by atoms with Crippen LogP contribution in [0.5, 0.6) is 0 Å². The van der Waals surface area contributed by atoms with Gasteiger partial charge in [0.15, 0.2) is 0 Å². The minimum Gasteiger partial charge on any atom is -0.394 e. The fourth-order valence-corrected chi connectivity index (χ4v) is 3.33. The topological polar surface area (TPSA) is 32.7 Å². The summed E-state index contributed by atoms with van der Waals surface area (Å²) in [5.41, 5.74) is 0. The van der Waals surface area contributed by atoms with Crippen molar-refractivity contribution in [3.05, 3.63) is 20.8 Å². The number of ether oxygens (including phenoxy) is 1. The van der Waals surface area contributed by atoms with Gasteiger partial charge < -0.3 is 9.84 Å². The maximum Gasteiger partial charge on any atom is 0.0702 e. The number of halogens is 1. The van der Waals surface area contributed by atoms with E-state index in [-0.39, 0.29) is 12.6 Å². The minimum atomic E-state index is 0.130. The van der Waals surface area contributed by atoms with Crippen molar-refractivity contribution in [1.82, 2.24) is 4.90 Å². The van der Waals surface area contributed by atoms with Crippen LogP contribution in [-0.2, 0) is 4.74 Å². The third kappa shape index (κ3) is 2.79. The summed E-state index contributed by atoms with van der Waals surface area (Å²) in [6.07, 6.45) is 0. The molecule has 1 unspecified atom stereocenters. The number of thiophene rings is 1. The first-order valence-corrected chi connectivity index (χ1v) is 6.60. The first kappa shape index (κ1) is 11.5. The summed E-state index contributed by atoms with van der Waals surface area (Å²) in [5.74, 6) is 0. The van der Waals surface area contributed by atoms with Gasteiger partial charge in [-0.05, 0) is 28.1 Å². The Morgan fingerprint density at radius 2 is 2.20 bits per heavy atom. The maximum atomic E-state index is 9.45. The fraction of sp³-hybridized carbons (Fsp3) is 0.600. The van der Waals surface area contributed by atoms with E-state index in [1.807, 2.05) is 6.07 Å². The van der Waals surface area contributed by atoms with Crippen LogP contribution in [0, 0.1) is 0 Å². The van der Waals surface area contributed by atoms with Gasteiger partial charge in [0.1, 0.15) is 0 Å². The Kier molecular flexibility index (Phi) is 4.16. The largest absolute Gasteiger partial charge is 0.394 e. The number of morpholine rings is 1. The Morgan fingerprint density at radius 3 is 2.73 bits per heavy atom. The van der Waals surface area contributed by atoms with Crippen LogP contribution in [0.1, 0.15) is 10.9 Å². The zero-order chi connectivity index (χ0) is 10.7. The molecule has 0 spiro atoms. The fourth-order valence-electron chi connectivity index (χ4n) is 1.78. The van der Waals surface area contributed by atoms with Gasteiger partial charge in [-0.25, -0.2) is 0 Å². The third-order valence-electron chi connectivity index (χ3n) is 2.58. The van der Waals surface area contributed by atoms with Gasteiger partial charge in [-0.1, -0.05) is 0 Å². The van der Waals surface area contributed by atoms with Crippen molar-refractivity contribution in [3.63, 3.8) is 0 Å². The predicted molar refractivity (Wildman–Crippen MR) is 64.2 cm³/mol. The molecule has 0 aliphatic carbocycles. The van der Waals surface area contributed by atoms with Crippen molar-refractivity contribution in [2.24, 2.45) is 0 Å². The molecule has 1 aromatic rings. The summed E-state index contributed by atoms with van der Waals surface area (Å²) < 4.78 is 6.42. The van der Waals surface area contributed by atoms with Crippen molar-refractivity contribution in [2.45, 2.75) is 6.04 Å². The van der Waals surface area contributed by atoms with Crippen LogP contribution >= 0.6 is 27.3 Å². The summed E-state index contributed by atoms with van der Waals surface area (Å²) in [6, 6.07) is 4.24. The van der Waals surface area contributed by atoms with Gasteiger partial charge in [-0.15, -0.1) is 11.3 Å². The van der Waals surface area contributed by atoms with E-state index >= 15 is 0 Å². The van der Waals surface area contributed by atoms with Gasteiger partial charge in [0, 0.05) is 18.0 Å². The van der Waals surface area contributed by atoms with E-state index in [1.54, 1.807) is 11.3 Å². The second-order valence-corrected chi connectivity index (χ2v) is 5.98. The van der Waals surface area contributed by atoms with Gasteiger partial charge in [0.2, 0.25) is 0 Å². The summed E-state index contributed by atoms with van der Waals surface area (Å²) in [7, 11) is 0. The summed E-state index contributed by atoms with van der Waals surface area (Å²) in [5, 5.41) is 9.45. The van der Waals surface area contributed by atoms with Gasteiger partial charge in [0.25, 0.3) is 0 Å². The molecule has 5 heteroatoms. The summed E-state index contributed by atoms with van der Waals surface area (Å²) in [4.78, 5) is 3.49. The molecule has 0 saturated carbocycles. The molecule has 1 aliphatic heterocycles. The first-order chi connectivity index (χ1) is 7.31. The molecular weight excluding hydrogens is 278 g/mol. The highest BCUT2D eigenvalue weighted by Gasteiger charge is 2.22. The van der Waals surface area contributed by atoms with Crippen LogP contribution in [0.3, 0.4) is 0 Å². The average molecular weight is 292 g/mol. The molecule has 0 aromatic carbocycles. The highest BCUT2D eigenvalue weighted by Crippen LogP contribution is 2.30. The molecule has 0 radical (unpaired) electrons. The Hall–Kier alpha value is 0.0600. The van der Waals surface area contributed by atoms with Crippen LogP contribution < -0.4 is 0 Å². The number of nitrogens with zero attached hydrogens (tertiary/aromatic N) is 1. The highest BCUT2D eigenvalue weighted by molar-refractivity contribution is 9.11. The van der Waals surface area contributed by atoms with Crippen molar-refractivity contribution < 1.29 is 9.84 Å². The first-order valence-electron chi connectivity index (χ1n) is 4.99. The van der Waals surface area contributed by atoms with E-state index in [0.29, 0.717) is 0 Å². The SMILES string of the molecule is OCC(c1ccc(Br)s1)N1CCOCC1. The Morgan fingerprint density at radius 1 is 1.47 bits per heavy atom. The normalized spacial score (nSPS) is 20.4. The molecule has 15 heavy (non-hydrogen) atoms. The lowest BCUT2D eigenvalue weighted by molar-refractivity contribution is 0.00348. The van der Waals surface area contributed by atoms with Crippen LogP contribution in [0.4, 0.5) is 0 Å². The zero-order valence-corrected chi connectivity index (χ0v) is 10.8.